The van der Waals surface area contributed by atoms with E-state index in [0.717, 1.165) is 6.42 Å². The molecule has 2 N–H and O–H groups in total. The van der Waals surface area contributed by atoms with Gasteiger partial charge in [0.2, 0.25) is 12.2 Å². The van der Waals surface area contributed by atoms with E-state index in [-0.39, 0.29) is 60.6 Å². The van der Waals surface area contributed by atoms with Gasteiger partial charge < -0.3 is 24.8 Å². The van der Waals surface area contributed by atoms with Crippen molar-refractivity contribution in [3.63, 3.8) is 0 Å². The van der Waals surface area contributed by atoms with E-state index in [9.17, 15) is 14.4 Å². The Kier molecular flexibility index (Phi) is 8.00. The van der Waals surface area contributed by atoms with Crippen molar-refractivity contribution in [2.75, 3.05) is 6.54 Å². The van der Waals surface area contributed by atoms with Gasteiger partial charge in [-0.15, -0.1) is 0 Å². The molecule has 3 aliphatic heterocycles. The number of halogens is 1. The molecule has 3 unspecified atom stereocenters. The van der Waals surface area contributed by atoms with Gasteiger partial charge in [0, 0.05) is 6.54 Å². The number of amides is 2. The Morgan fingerprint density at radius 2 is 1.94 bits per heavy atom. The third-order valence-corrected chi connectivity index (χ3v) is 6.94. The minimum atomic E-state index is -0.781. The van der Waals surface area contributed by atoms with Crippen molar-refractivity contribution in [3.05, 3.63) is 34.9 Å². The average molecular weight is 508 g/mol. The van der Waals surface area contributed by atoms with Crippen LogP contribution in [-0.2, 0) is 23.8 Å². The number of cyclic esters (lactones) is 1. The van der Waals surface area contributed by atoms with E-state index in [4.69, 9.17) is 25.8 Å². The second-order valence-electron chi connectivity index (χ2n) is 9.97. The summed E-state index contributed by atoms with van der Waals surface area (Å²) in [5.74, 6) is -0.689. The second-order valence-corrected chi connectivity index (χ2v) is 10.4. The number of likely N-dealkylation sites (tertiary alicyclic amines) is 1. The summed E-state index contributed by atoms with van der Waals surface area (Å²) >= 11 is 6.20. The van der Waals surface area contributed by atoms with Crippen LogP contribution in [0.15, 0.2) is 24.3 Å². The molecule has 0 aliphatic carbocycles. The molecule has 35 heavy (non-hydrogen) atoms. The van der Waals surface area contributed by atoms with E-state index >= 15 is 0 Å². The van der Waals surface area contributed by atoms with Gasteiger partial charge in [0.1, 0.15) is 18.4 Å². The number of nitrogens with one attached hydrogen (secondary N) is 2. The topological polar surface area (TPSA) is 110 Å². The lowest BCUT2D eigenvalue weighted by Crippen LogP contribution is -2.52. The number of epoxide rings is 1. The van der Waals surface area contributed by atoms with Crippen LogP contribution in [0.4, 0.5) is 0 Å². The molecule has 1 aromatic rings. The van der Waals surface area contributed by atoms with E-state index in [1.165, 1.54) is 0 Å². The number of hydrogen-bond acceptors (Lipinski definition) is 7. The minimum absolute atomic E-state index is 0.0852. The summed E-state index contributed by atoms with van der Waals surface area (Å²) in [6.07, 6.45) is 0.212. The number of benzene rings is 1. The maximum atomic E-state index is 13.2. The van der Waals surface area contributed by atoms with E-state index in [2.05, 4.69) is 10.6 Å². The van der Waals surface area contributed by atoms with Gasteiger partial charge in [0.25, 0.3) is 5.91 Å². The Morgan fingerprint density at radius 3 is 2.63 bits per heavy atom. The van der Waals surface area contributed by atoms with Crippen LogP contribution in [-0.4, -0.2) is 72.1 Å². The van der Waals surface area contributed by atoms with Gasteiger partial charge in [0.05, 0.1) is 35.2 Å². The Balaban J connectivity index is 1.38. The van der Waals surface area contributed by atoms with Crippen molar-refractivity contribution in [2.45, 2.75) is 89.8 Å². The van der Waals surface area contributed by atoms with Gasteiger partial charge in [-0.2, -0.15) is 0 Å². The third kappa shape index (κ3) is 5.97. The van der Waals surface area contributed by atoms with Crippen LogP contribution in [0.2, 0.25) is 5.02 Å². The maximum absolute atomic E-state index is 13.2. The molecule has 9 nitrogen and oxygen atoms in total. The second kappa shape index (κ2) is 10.8. The first-order chi connectivity index (χ1) is 16.7. The van der Waals surface area contributed by atoms with Gasteiger partial charge in [-0.3, -0.25) is 19.3 Å². The smallest absolute Gasteiger partial charge is 0.310 e. The molecule has 0 bridgehead atoms. The van der Waals surface area contributed by atoms with Crippen LogP contribution in [0.1, 0.15) is 57.3 Å². The molecule has 3 heterocycles. The molecule has 2 amide bonds. The summed E-state index contributed by atoms with van der Waals surface area (Å²) < 4.78 is 16.9. The predicted molar refractivity (Wildman–Crippen MR) is 129 cm³/mol. The Bertz CT molecular complexity index is 957. The maximum Gasteiger partial charge on any atom is 0.310 e. The van der Waals surface area contributed by atoms with Crippen LogP contribution < -0.4 is 10.6 Å². The summed E-state index contributed by atoms with van der Waals surface area (Å²) in [5, 5.41) is 6.42. The van der Waals surface area contributed by atoms with Crippen LogP contribution in [0.25, 0.3) is 0 Å². The highest BCUT2D eigenvalue weighted by Gasteiger charge is 2.54. The largest absolute Gasteiger partial charge is 0.433 e. The van der Waals surface area contributed by atoms with Crippen molar-refractivity contribution >= 4 is 29.4 Å². The van der Waals surface area contributed by atoms with Gasteiger partial charge in [-0.1, -0.05) is 37.6 Å². The Labute approximate surface area is 210 Å². The Morgan fingerprint density at radius 1 is 1.20 bits per heavy atom. The van der Waals surface area contributed by atoms with Crippen LogP contribution in [0, 0.1) is 5.92 Å². The van der Waals surface area contributed by atoms with Crippen molar-refractivity contribution in [3.8, 4) is 0 Å². The van der Waals surface area contributed by atoms with Crippen molar-refractivity contribution in [2.24, 2.45) is 5.92 Å². The van der Waals surface area contributed by atoms with Gasteiger partial charge in [-0.25, -0.2) is 0 Å². The predicted octanol–water partition coefficient (Wildman–Crippen LogP) is 2.47. The first-order valence-corrected chi connectivity index (χ1v) is 12.7. The van der Waals surface area contributed by atoms with Crippen molar-refractivity contribution in [1.82, 2.24) is 15.5 Å². The molecule has 0 radical (unpaired) electrons. The number of carbonyl (C=O) groups excluding carboxylic acids is 3. The zero-order chi connectivity index (χ0) is 25.3. The lowest BCUT2D eigenvalue weighted by molar-refractivity contribution is -0.173. The minimum Gasteiger partial charge on any atom is -0.433 e. The number of carbonyl (C=O) groups is 3. The van der Waals surface area contributed by atoms with E-state index < -0.39 is 12.3 Å². The number of esters is 1. The highest BCUT2D eigenvalue weighted by atomic mass is 35.5. The lowest BCUT2D eigenvalue weighted by Gasteiger charge is -2.27. The SMILES string of the molecule is CC(C)OC1OC(=O)C[C@@H]1NC(=O)[C@@H]1CCCN1C1OC1[C@@H](NC(=O)c1ccccc1Cl)C(C)C. The average Bonchev–Trinajstić information content (AvgIpc) is 3.26. The fourth-order valence-corrected chi connectivity index (χ4v) is 5.07. The first kappa shape index (κ1) is 25.9. The summed E-state index contributed by atoms with van der Waals surface area (Å²) in [6.45, 7) is 8.47. The molecule has 1 aromatic carbocycles. The molecule has 6 atom stereocenters. The molecule has 4 rings (SSSR count). The molecule has 0 aromatic heterocycles. The number of ether oxygens (including phenoxy) is 3. The van der Waals surface area contributed by atoms with E-state index in [1.807, 2.05) is 32.6 Å². The summed E-state index contributed by atoms with van der Waals surface area (Å²) in [7, 11) is 0. The van der Waals surface area contributed by atoms with Crippen molar-refractivity contribution in [1.29, 1.82) is 0 Å². The van der Waals surface area contributed by atoms with E-state index in [0.29, 0.717) is 23.6 Å². The van der Waals surface area contributed by atoms with Crippen molar-refractivity contribution < 1.29 is 28.6 Å². The highest BCUT2D eigenvalue weighted by Crippen LogP contribution is 2.37. The number of hydrogen-bond donors (Lipinski definition) is 2. The molecule has 3 saturated heterocycles. The molecule has 3 aliphatic rings. The highest BCUT2D eigenvalue weighted by molar-refractivity contribution is 6.33. The fourth-order valence-electron chi connectivity index (χ4n) is 4.85. The summed E-state index contributed by atoms with van der Waals surface area (Å²) in [4.78, 5) is 39.9. The van der Waals surface area contributed by atoms with Gasteiger partial charge in [0.15, 0.2) is 0 Å². The normalized spacial score (nSPS) is 29.3. The quantitative estimate of drug-likeness (QED) is 0.390. The molecule has 192 valence electrons. The Hall–Kier alpha value is -2.20. The van der Waals surface area contributed by atoms with Gasteiger partial charge in [-0.05, 0) is 44.7 Å². The van der Waals surface area contributed by atoms with Crippen LogP contribution in [0.3, 0.4) is 0 Å². The molecular formula is C25H34ClN3O6. The zero-order valence-corrected chi connectivity index (χ0v) is 21.3. The third-order valence-electron chi connectivity index (χ3n) is 6.61. The first-order valence-electron chi connectivity index (χ1n) is 12.3. The number of rotatable bonds is 9. The zero-order valence-electron chi connectivity index (χ0n) is 20.5. The lowest BCUT2D eigenvalue weighted by atomic mass is 9.99. The fraction of sp³-hybridized carbons (Fsp3) is 0.640. The molecule has 0 saturated carbocycles. The molecule has 10 heteroatoms. The van der Waals surface area contributed by atoms with E-state index in [1.54, 1.807) is 24.3 Å². The molecule has 3 fully saturated rings. The molecule has 0 spiro atoms. The van der Waals surface area contributed by atoms with Crippen LogP contribution >= 0.6 is 11.6 Å². The van der Waals surface area contributed by atoms with Crippen LogP contribution in [0.5, 0.6) is 0 Å². The number of nitrogens with zero attached hydrogens (tertiary/aromatic N) is 1. The standard InChI is InChI=1S/C25H34ClN3O6/c1-13(2)20(28-22(31)15-8-5-6-9-16(15)26)21-24(35-21)29-11-7-10-18(29)23(32)27-17-12-19(30)34-25(17)33-14(3)4/h5-6,8-9,13-14,17-18,20-21,24-25H,7,10-12H2,1-4H3,(H,27,32)(H,28,31)/t17-,18-,20-,21?,24?,25?/m0/s1. The summed E-state index contributed by atoms with van der Waals surface area (Å²) in [5.41, 5.74) is 0.418. The summed E-state index contributed by atoms with van der Waals surface area (Å²) in [6, 6.07) is 5.79. The monoisotopic (exact) mass is 507 g/mol. The van der Waals surface area contributed by atoms with Gasteiger partial charge >= 0.3 is 5.97 Å². The molecular weight excluding hydrogens is 474 g/mol.